The number of aromatic nitrogens is 4. The molecule has 1 saturated heterocycles. The van der Waals surface area contributed by atoms with Crippen LogP contribution in [0.4, 0.5) is 11.8 Å². The Morgan fingerprint density at radius 3 is 2.57 bits per heavy atom. The van der Waals surface area contributed by atoms with Gasteiger partial charge in [0.15, 0.2) is 28.5 Å². The lowest BCUT2D eigenvalue weighted by Gasteiger charge is -2.37. The molecular weight excluding hydrogens is 442 g/mol. The van der Waals surface area contributed by atoms with Crippen LogP contribution in [0.2, 0.25) is 0 Å². The van der Waals surface area contributed by atoms with Crippen molar-refractivity contribution in [2.75, 3.05) is 44.5 Å². The third-order valence-electron chi connectivity index (χ3n) is 6.52. The number of hydrogen-bond donors (Lipinski definition) is 2. The molecule has 2 aromatic heterocycles. The van der Waals surface area contributed by atoms with Crippen molar-refractivity contribution in [2.45, 2.75) is 19.9 Å². The fourth-order valence-electron chi connectivity index (χ4n) is 4.47. The summed E-state index contributed by atoms with van der Waals surface area (Å²) >= 11 is 0. The molecule has 0 amide bonds. The molecule has 180 valence electrons. The first-order chi connectivity index (χ1) is 17.0. The maximum absolute atomic E-state index is 6.12. The molecule has 4 aromatic rings. The molecule has 0 spiro atoms. The summed E-state index contributed by atoms with van der Waals surface area (Å²) < 4.78 is 10.8. The Morgan fingerprint density at radius 1 is 0.971 bits per heavy atom. The number of methoxy groups -OCH3 is 2. The lowest BCUT2D eigenvalue weighted by atomic mass is 9.98. The molecule has 9 heteroatoms. The Balaban J connectivity index is 1.63. The lowest BCUT2D eigenvalue weighted by molar-refractivity contribution is 0.355. The Morgan fingerprint density at radius 2 is 1.80 bits per heavy atom. The van der Waals surface area contributed by atoms with Crippen LogP contribution in [0.5, 0.6) is 11.5 Å². The summed E-state index contributed by atoms with van der Waals surface area (Å²) in [5.41, 5.74) is 12.5. The molecule has 2 aromatic carbocycles. The van der Waals surface area contributed by atoms with E-state index in [2.05, 4.69) is 57.2 Å². The number of nitrogens with one attached hydrogen (secondary N) is 1. The average Bonchev–Trinajstić information content (AvgIpc) is 2.89. The third kappa shape index (κ3) is 4.30. The van der Waals surface area contributed by atoms with Gasteiger partial charge < -0.3 is 25.4 Å². The maximum atomic E-state index is 6.12. The van der Waals surface area contributed by atoms with Crippen LogP contribution < -0.4 is 25.4 Å². The van der Waals surface area contributed by atoms with Gasteiger partial charge in [0.05, 0.1) is 32.2 Å². The molecule has 1 aliphatic heterocycles. The molecule has 0 aliphatic carbocycles. The van der Waals surface area contributed by atoms with Gasteiger partial charge in [0.1, 0.15) is 0 Å². The first-order valence-electron chi connectivity index (χ1n) is 11.6. The van der Waals surface area contributed by atoms with E-state index >= 15 is 0 Å². The number of benzene rings is 2. The second-order valence-electron chi connectivity index (χ2n) is 8.66. The molecule has 9 nitrogen and oxygen atoms in total. The van der Waals surface area contributed by atoms with E-state index in [9.17, 15) is 0 Å². The number of hydrogen-bond acceptors (Lipinski definition) is 9. The predicted octanol–water partition coefficient (Wildman–Crippen LogP) is 3.45. The highest BCUT2D eigenvalue weighted by atomic mass is 16.5. The van der Waals surface area contributed by atoms with Gasteiger partial charge in [-0.05, 0) is 48.7 Å². The summed E-state index contributed by atoms with van der Waals surface area (Å²) in [4.78, 5) is 20.8. The summed E-state index contributed by atoms with van der Waals surface area (Å²) in [7, 11) is 3.22. The first-order valence-corrected chi connectivity index (χ1v) is 11.6. The number of nitrogens with zero attached hydrogens (tertiary/aromatic N) is 5. The summed E-state index contributed by atoms with van der Waals surface area (Å²) in [6, 6.07) is 12.3. The smallest absolute Gasteiger partial charge is 0.224 e. The van der Waals surface area contributed by atoms with E-state index in [1.807, 2.05) is 18.2 Å². The van der Waals surface area contributed by atoms with Crippen molar-refractivity contribution in [1.82, 2.24) is 25.3 Å². The normalized spacial score (nSPS) is 15.9. The Labute approximate surface area is 204 Å². The van der Waals surface area contributed by atoms with Crippen molar-refractivity contribution < 1.29 is 9.47 Å². The van der Waals surface area contributed by atoms with Crippen molar-refractivity contribution in [3.63, 3.8) is 0 Å². The van der Waals surface area contributed by atoms with Crippen LogP contribution in [-0.2, 0) is 0 Å². The van der Waals surface area contributed by atoms with Gasteiger partial charge in [-0.3, -0.25) is 0 Å². The quantitative estimate of drug-likeness (QED) is 0.452. The average molecular weight is 472 g/mol. The number of fused-ring (bicyclic) bond motifs is 1. The van der Waals surface area contributed by atoms with Crippen LogP contribution in [0, 0.1) is 13.8 Å². The summed E-state index contributed by atoms with van der Waals surface area (Å²) in [6.45, 7) is 6.63. The van der Waals surface area contributed by atoms with Gasteiger partial charge in [0.25, 0.3) is 0 Å². The molecule has 1 aliphatic rings. The number of nitrogens with two attached hydrogens (primary N) is 1. The largest absolute Gasteiger partial charge is 0.493 e. The highest BCUT2D eigenvalue weighted by Crippen LogP contribution is 2.35. The first kappa shape index (κ1) is 22.8. The number of ether oxygens (including phenoxy) is 2. The molecule has 1 unspecified atom stereocenters. The zero-order chi connectivity index (χ0) is 24.5. The van der Waals surface area contributed by atoms with Gasteiger partial charge in [-0.1, -0.05) is 18.2 Å². The van der Waals surface area contributed by atoms with E-state index in [4.69, 9.17) is 20.2 Å². The van der Waals surface area contributed by atoms with E-state index in [-0.39, 0.29) is 12.0 Å². The van der Waals surface area contributed by atoms with Gasteiger partial charge in [-0.15, -0.1) is 0 Å². The number of aryl methyl sites for hydroxylation is 2. The molecule has 0 saturated carbocycles. The number of nitrogen functional groups attached to an aromatic ring is 1. The second kappa shape index (κ2) is 9.34. The standard InChI is InChI=1S/C26H29N7O2/c1-15-5-6-18(11-16(15)2)20-14-28-9-10-33(20)25-23-24(31-26(27)32-25)29-13-19(30-23)17-7-8-21(34-3)22(12-17)35-4/h5-8,11-13,20,28H,9-10,14H2,1-4H3,(H2,27,29,31,32). The van der Waals surface area contributed by atoms with Crippen molar-refractivity contribution in [2.24, 2.45) is 0 Å². The van der Waals surface area contributed by atoms with Gasteiger partial charge in [-0.25, -0.2) is 9.97 Å². The van der Waals surface area contributed by atoms with Gasteiger partial charge >= 0.3 is 0 Å². The molecule has 3 heterocycles. The minimum Gasteiger partial charge on any atom is -0.493 e. The molecular formula is C26H29N7O2. The molecule has 0 bridgehead atoms. The second-order valence-corrected chi connectivity index (χ2v) is 8.66. The minimum absolute atomic E-state index is 0.0760. The molecule has 0 radical (unpaired) electrons. The summed E-state index contributed by atoms with van der Waals surface area (Å²) in [5.74, 6) is 2.14. The summed E-state index contributed by atoms with van der Waals surface area (Å²) in [6.07, 6.45) is 1.69. The van der Waals surface area contributed by atoms with Crippen molar-refractivity contribution >= 4 is 22.9 Å². The van der Waals surface area contributed by atoms with Gasteiger partial charge in [-0.2, -0.15) is 9.97 Å². The van der Waals surface area contributed by atoms with Crippen LogP contribution in [0.15, 0.2) is 42.6 Å². The van der Waals surface area contributed by atoms with E-state index in [0.29, 0.717) is 34.2 Å². The Bertz CT molecular complexity index is 1390. The third-order valence-corrected chi connectivity index (χ3v) is 6.52. The summed E-state index contributed by atoms with van der Waals surface area (Å²) in [5, 5.41) is 3.51. The maximum Gasteiger partial charge on any atom is 0.224 e. The SMILES string of the molecule is COc1ccc(-c2cnc3nc(N)nc(N4CCNCC4c4ccc(C)c(C)c4)c3n2)cc1OC. The molecule has 35 heavy (non-hydrogen) atoms. The highest BCUT2D eigenvalue weighted by molar-refractivity contribution is 5.86. The Kier molecular flexibility index (Phi) is 6.08. The minimum atomic E-state index is 0.0760. The zero-order valence-electron chi connectivity index (χ0n) is 20.4. The Hall–Kier alpha value is -3.98. The number of anilines is 2. The lowest BCUT2D eigenvalue weighted by Crippen LogP contribution is -2.46. The van der Waals surface area contributed by atoms with Crippen LogP contribution >= 0.6 is 0 Å². The zero-order valence-corrected chi connectivity index (χ0v) is 20.4. The van der Waals surface area contributed by atoms with Gasteiger partial charge in [0.2, 0.25) is 5.95 Å². The predicted molar refractivity (Wildman–Crippen MR) is 137 cm³/mol. The van der Waals surface area contributed by atoms with Crippen molar-refractivity contribution in [3.8, 4) is 22.8 Å². The van der Waals surface area contributed by atoms with Gasteiger partial charge in [0, 0.05) is 25.2 Å². The van der Waals surface area contributed by atoms with Crippen LogP contribution in [0.1, 0.15) is 22.7 Å². The van der Waals surface area contributed by atoms with E-state index in [1.165, 1.54) is 16.7 Å². The topological polar surface area (TPSA) is 111 Å². The molecule has 1 atom stereocenters. The highest BCUT2D eigenvalue weighted by Gasteiger charge is 2.28. The van der Waals surface area contributed by atoms with Crippen molar-refractivity contribution in [3.05, 3.63) is 59.3 Å². The number of rotatable bonds is 5. The molecule has 3 N–H and O–H groups in total. The molecule has 1 fully saturated rings. The number of piperazine rings is 1. The fraction of sp³-hybridized carbons (Fsp3) is 0.308. The van der Waals surface area contributed by atoms with Crippen LogP contribution in [0.25, 0.3) is 22.4 Å². The fourth-order valence-corrected chi connectivity index (χ4v) is 4.47. The van der Waals surface area contributed by atoms with E-state index in [0.717, 1.165) is 25.2 Å². The van der Waals surface area contributed by atoms with E-state index < -0.39 is 0 Å². The molecule has 5 rings (SSSR count). The van der Waals surface area contributed by atoms with Crippen LogP contribution in [0.3, 0.4) is 0 Å². The monoisotopic (exact) mass is 471 g/mol. The van der Waals surface area contributed by atoms with Crippen LogP contribution in [-0.4, -0.2) is 53.8 Å². The van der Waals surface area contributed by atoms with E-state index in [1.54, 1.807) is 20.4 Å². The van der Waals surface area contributed by atoms with Crippen molar-refractivity contribution in [1.29, 1.82) is 0 Å².